The fourth-order valence-corrected chi connectivity index (χ4v) is 2.35. The zero-order chi connectivity index (χ0) is 20.7. The molecule has 0 atom stereocenters. The predicted molar refractivity (Wildman–Crippen MR) is 106 cm³/mol. The number of carbonyl (C=O) groups excluding carboxylic acids is 3. The molecule has 0 unspecified atom stereocenters. The van der Waals surface area contributed by atoms with E-state index in [9.17, 15) is 14.4 Å². The Bertz CT molecular complexity index is 901. The highest BCUT2D eigenvalue weighted by Crippen LogP contribution is 2.25. The van der Waals surface area contributed by atoms with Gasteiger partial charge in [-0.2, -0.15) is 0 Å². The van der Waals surface area contributed by atoms with Crippen LogP contribution in [0.3, 0.4) is 0 Å². The SMILES string of the molecule is COc1ccc(C)cc1NC(=O)CNC(=O)COC(=O)c1ccc(Cl)c(N)c1. The number of nitrogens with one attached hydrogen (secondary N) is 2. The van der Waals surface area contributed by atoms with E-state index in [2.05, 4.69) is 10.6 Å². The molecular weight excluding hydrogens is 386 g/mol. The van der Waals surface area contributed by atoms with E-state index in [1.54, 1.807) is 12.1 Å². The average Bonchev–Trinajstić information content (AvgIpc) is 2.66. The number of benzene rings is 2. The van der Waals surface area contributed by atoms with Crippen molar-refractivity contribution in [1.82, 2.24) is 5.32 Å². The Morgan fingerprint density at radius 2 is 1.86 bits per heavy atom. The van der Waals surface area contributed by atoms with Crippen LogP contribution < -0.4 is 21.1 Å². The Hall–Kier alpha value is -3.26. The molecule has 148 valence electrons. The van der Waals surface area contributed by atoms with E-state index in [1.807, 2.05) is 13.0 Å². The number of amides is 2. The third kappa shape index (κ3) is 5.88. The maximum absolute atomic E-state index is 12.0. The Morgan fingerprint density at radius 1 is 1.11 bits per heavy atom. The summed E-state index contributed by atoms with van der Waals surface area (Å²) >= 11 is 5.78. The first-order valence-corrected chi connectivity index (χ1v) is 8.61. The topological polar surface area (TPSA) is 120 Å². The second-order valence-electron chi connectivity index (χ2n) is 5.84. The molecule has 2 amide bonds. The van der Waals surface area contributed by atoms with Gasteiger partial charge in [-0.25, -0.2) is 4.79 Å². The lowest BCUT2D eigenvalue weighted by Gasteiger charge is -2.11. The summed E-state index contributed by atoms with van der Waals surface area (Å²) < 4.78 is 10.1. The van der Waals surface area contributed by atoms with Crippen LogP contribution in [0.25, 0.3) is 0 Å². The van der Waals surface area contributed by atoms with Crippen LogP contribution in [0.5, 0.6) is 5.75 Å². The molecule has 0 radical (unpaired) electrons. The summed E-state index contributed by atoms with van der Waals surface area (Å²) in [7, 11) is 1.49. The van der Waals surface area contributed by atoms with Crippen molar-refractivity contribution in [2.24, 2.45) is 0 Å². The van der Waals surface area contributed by atoms with Crippen LogP contribution >= 0.6 is 11.6 Å². The number of nitrogen functional groups attached to an aromatic ring is 1. The third-order valence-corrected chi connectivity index (χ3v) is 3.99. The highest BCUT2D eigenvalue weighted by Gasteiger charge is 2.13. The van der Waals surface area contributed by atoms with Crippen LogP contribution in [0.1, 0.15) is 15.9 Å². The van der Waals surface area contributed by atoms with Crippen LogP contribution in [-0.4, -0.2) is 38.0 Å². The number of halogens is 1. The van der Waals surface area contributed by atoms with Crippen molar-refractivity contribution in [1.29, 1.82) is 0 Å². The van der Waals surface area contributed by atoms with Crippen molar-refractivity contribution in [2.75, 3.05) is 31.3 Å². The number of hydrogen-bond donors (Lipinski definition) is 3. The molecule has 0 aromatic heterocycles. The van der Waals surface area contributed by atoms with Crippen LogP contribution in [0.15, 0.2) is 36.4 Å². The molecule has 8 nitrogen and oxygen atoms in total. The monoisotopic (exact) mass is 405 g/mol. The van der Waals surface area contributed by atoms with Crippen molar-refractivity contribution in [3.63, 3.8) is 0 Å². The number of nitrogens with two attached hydrogens (primary N) is 1. The number of aryl methyl sites for hydroxylation is 1. The molecule has 0 fully saturated rings. The van der Waals surface area contributed by atoms with E-state index in [-0.39, 0.29) is 17.8 Å². The summed E-state index contributed by atoms with van der Waals surface area (Å²) in [6.07, 6.45) is 0. The lowest BCUT2D eigenvalue weighted by molar-refractivity contribution is -0.126. The predicted octanol–water partition coefficient (Wildman–Crippen LogP) is 2.15. The fraction of sp³-hybridized carbons (Fsp3) is 0.211. The number of hydrogen-bond acceptors (Lipinski definition) is 6. The Kier molecular flexibility index (Phi) is 7.22. The lowest BCUT2D eigenvalue weighted by Crippen LogP contribution is -2.35. The van der Waals surface area contributed by atoms with Gasteiger partial charge in [-0.3, -0.25) is 9.59 Å². The zero-order valence-corrected chi connectivity index (χ0v) is 16.1. The molecule has 0 spiro atoms. The molecule has 28 heavy (non-hydrogen) atoms. The molecule has 9 heteroatoms. The molecule has 0 heterocycles. The quantitative estimate of drug-likeness (QED) is 0.479. The first-order valence-electron chi connectivity index (χ1n) is 8.23. The maximum Gasteiger partial charge on any atom is 0.338 e. The zero-order valence-electron chi connectivity index (χ0n) is 15.4. The number of ether oxygens (including phenoxy) is 2. The molecular formula is C19H20ClN3O5. The van der Waals surface area contributed by atoms with Gasteiger partial charge in [0.05, 0.1) is 35.6 Å². The summed E-state index contributed by atoms with van der Waals surface area (Å²) in [6.45, 7) is 1.04. The number of anilines is 2. The van der Waals surface area contributed by atoms with E-state index in [4.69, 9.17) is 26.8 Å². The molecule has 0 aliphatic carbocycles. The number of rotatable bonds is 7. The van der Waals surface area contributed by atoms with Crippen LogP contribution in [-0.2, 0) is 14.3 Å². The van der Waals surface area contributed by atoms with Crippen molar-refractivity contribution < 1.29 is 23.9 Å². The minimum absolute atomic E-state index is 0.166. The summed E-state index contributed by atoms with van der Waals surface area (Å²) in [5, 5.41) is 5.33. The molecule has 0 aliphatic rings. The molecule has 2 rings (SSSR count). The fourth-order valence-electron chi connectivity index (χ4n) is 2.23. The molecule has 4 N–H and O–H groups in total. The van der Waals surface area contributed by atoms with E-state index in [0.717, 1.165) is 5.56 Å². The van der Waals surface area contributed by atoms with Gasteiger partial charge in [0.15, 0.2) is 6.61 Å². The normalized spacial score (nSPS) is 10.1. The van der Waals surface area contributed by atoms with E-state index < -0.39 is 24.4 Å². The summed E-state index contributed by atoms with van der Waals surface area (Å²) in [5.41, 5.74) is 7.44. The van der Waals surface area contributed by atoms with Gasteiger partial charge in [0.25, 0.3) is 5.91 Å². The van der Waals surface area contributed by atoms with Crippen molar-refractivity contribution in [3.8, 4) is 5.75 Å². The van der Waals surface area contributed by atoms with Gasteiger partial charge in [-0.1, -0.05) is 17.7 Å². The standard InChI is InChI=1S/C19H20ClN3O5/c1-11-3-6-16(27-2)15(7-11)23-17(24)9-22-18(25)10-28-19(26)12-4-5-13(20)14(21)8-12/h3-8H,9-10,21H2,1-2H3,(H,22,25)(H,23,24). The summed E-state index contributed by atoms with van der Waals surface area (Å²) in [4.78, 5) is 35.7. The van der Waals surface area contributed by atoms with E-state index in [1.165, 1.54) is 25.3 Å². The first kappa shape index (κ1) is 21.0. The maximum atomic E-state index is 12.0. The Morgan fingerprint density at radius 3 is 2.54 bits per heavy atom. The smallest absolute Gasteiger partial charge is 0.338 e. The van der Waals surface area contributed by atoms with Crippen LogP contribution in [0, 0.1) is 6.92 Å². The van der Waals surface area contributed by atoms with Gasteiger partial charge < -0.3 is 25.8 Å². The van der Waals surface area contributed by atoms with Gasteiger partial charge in [0.2, 0.25) is 5.91 Å². The van der Waals surface area contributed by atoms with Gasteiger partial charge >= 0.3 is 5.97 Å². The van der Waals surface area contributed by atoms with Crippen molar-refractivity contribution >= 4 is 40.8 Å². The molecule has 0 saturated carbocycles. The van der Waals surface area contributed by atoms with Crippen molar-refractivity contribution in [3.05, 3.63) is 52.5 Å². The highest BCUT2D eigenvalue weighted by molar-refractivity contribution is 6.33. The van der Waals surface area contributed by atoms with Gasteiger partial charge in [0.1, 0.15) is 5.75 Å². The first-order chi connectivity index (χ1) is 13.3. The second kappa shape index (κ2) is 9.61. The summed E-state index contributed by atoms with van der Waals surface area (Å²) in [5.74, 6) is -1.30. The van der Waals surface area contributed by atoms with Gasteiger partial charge in [-0.15, -0.1) is 0 Å². The lowest BCUT2D eigenvalue weighted by atomic mass is 10.2. The number of carbonyl (C=O) groups is 3. The third-order valence-electron chi connectivity index (χ3n) is 3.64. The largest absolute Gasteiger partial charge is 0.495 e. The molecule has 0 bridgehead atoms. The van der Waals surface area contributed by atoms with Crippen molar-refractivity contribution in [2.45, 2.75) is 6.92 Å². The number of methoxy groups -OCH3 is 1. The van der Waals surface area contributed by atoms with E-state index >= 15 is 0 Å². The molecule has 2 aromatic rings. The van der Waals surface area contributed by atoms with E-state index in [0.29, 0.717) is 16.5 Å². The van der Waals surface area contributed by atoms with Gasteiger partial charge in [0, 0.05) is 0 Å². The Labute approximate surface area is 166 Å². The minimum Gasteiger partial charge on any atom is -0.495 e. The van der Waals surface area contributed by atoms with Crippen LogP contribution in [0.2, 0.25) is 5.02 Å². The average molecular weight is 406 g/mol. The minimum atomic E-state index is -0.729. The highest BCUT2D eigenvalue weighted by atomic mass is 35.5. The van der Waals surface area contributed by atoms with Gasteiger partial charge in [-0.05, 0) is 42.8 Å². The second-order valence-corrected chi connectivity index (χ2v) is 6.25. The Balaban J connectivity index is 1.80. The molecule has 0 saturated heterocycles. The molecule has 0 aliphatic heterocycles. The summed E-state index contributed by atoms with van der Waals surface area (Å²) in [6, 6.07) is 9.56. The van der Waals surface area contributed by atoms with Crippen LogP contribution in [0.4, 0.5) is 11.4 Å². The molecule has 2 aromatic carbocycles. The number of esters is 1.